The minimum Gasteiger partial charge on any atom is -0.244 e. The van der Waals surface area contributed by atoms with Crippen LogP contribution in [0.3, 0.4) is 0 Å². The Bertz CT molecular complexity index is 747. The Morgan fingerprint density at radius 1 is 0.733 bits per heavy atom. The van der Waals surface area contributed by atoms with Crippen LogP contribution in [-0.4, -0.2) is 24.9 Å². The molecule has 1 aliphatic carbocycles. The fourth-order valence-corrected chi connectivity index (χ4v) is 3.43. The summed E-state index contributed by atoms with van der Waals surface area (Å²) in [6.45, 7) is -1.65. The van der Waals surface area contributed by atoms with E-state index in [1.807, 2.05) is 0 Å². The lowest BCUT2D eigenvalue weighted by atomic mass is 9.66. The second-order valence-electron chi connectivity index (χ2n) is 6.74. The summed E-state index contributed by atoms with van der Waals surface area (Å²) in [5.74, 6) is -3.63. The van der Waals surface area contributed by atoms with Crippen LogP contribution in [0.25, 0.3) is 0 Å². The van der Waals surface area contributed by atoms with E-state index in [-0.39, 0.29) is 5.92 Å². The predicted octanol–water partition coefficient (Wildman–Crippen LogP) is 7.03. The Kier molecular flexibility index (Phi) is 7.11. The molecule has 0 spiro atoms. The Labute approximate surface area is 166 Å². The summed E-state index contributed by atoms with van der Waals surface area (Å²) in [4.78, 5) is 1.34. The molecule has 0 saturated heterocycles. The monoisotopic (exact) mass is 444 g/mol. The highest BCUT2D eigenvalue weighted by Gasteiger charge is 2.63. The van der Waals surface area contributed by atoms with Crippen molar-refractivity contribution in [2.75, 3.05) is 6.67 Å². The van der Waals surface area contributed by atoms with Gasteiger partial charge in [0.25, 0.3) is 5.92 Å². The van der Waals surface area contributed by atoms with Gasteiger partial charge in [-0.05, 0) is 34.4 Å². The molecule has 10 heteroatoms. The van der Waals surface area contributed by atoms with Crippen LogP contribution >= 0.6 is 0 Å². The third-order valence-corrected chi connectivity index (χ3v) is 4.82. The summed E-state index contributed by atoms with van der Waals surface area (Å²) in [7, 11) is 0. The van der Waals surface area contributed by atoms with Crippen LogP contribution in [0.4, 0.5) is 39.6 Å². The maximum absolute atomic E-state index is 14.8. The van der Waals surface area contributed by atoms with Gasteiger partial charge in [0.05, 0.1) is 5.41 Å². The van der Waals surface area contributed by atoms with Crippen molar-refractivity contribution in [1.29, 1.82) is 0 Å². The maximum atomic E-state index is 14.8. The first kappa shape index (κ1) is 24.0. The number of alkyl halides is 8. The zero-order chi connectivity index (χ0) is 22.6. The molecule has 0 unspecified atom stereocenters. The maximum Gasteiger partial charge on any atom is 0.485 e. The van der Waals surface area contributed by atoms with Crippen molar-refractivity contribution in [3.63, 3.8) is 0 Å². The molecule has 0 N–H and O–H groups in total. The number of halogens is 9. The van der Waals surface area contributed by atoms with E-state index in [0.717, 1.165) is 0 Å². The van der Waals surface area contributed by atoms with Gasteiger partial charge < -0.3 is 0 Å². The molecule has 0 radical (unpaired) electrons. The Morgan fingerprint density at radius 2 is 1.13 bits per heavy atom. The number of benzene rings is 2. The van der Waals surface area contributed by atoms with Crippen LogP contribution in [0.5, 0.6) is 0 Å². The topological polar surface area (TPSA) is 9.23 Å². The zero-order valence-corrected chi connectivity index (χ0v) is 15.3. The molecule has 1 saturated carbocycles. The van der Waals surface area contributed by atoms with E-state index in [2.05, 4.69) is 0 Å². The average molecular weight is 444 g/mol. The SMILES string of the molecule is FCC(F)(F)C(c1ccccc1)(c1ccccc1)C1CC1.FOC(F)(F)C(F)(F)F. The van der Waals surface area contributed by atoms with Gasteiger partial charge in [0.1, 0.15) is 0 Å². The Morgan fingerprint density at radius 3 is 1.37 bits per heavy atom. The van der Waals surface area contributed by atoms with E-state index in [4.69, 9.17) is 0 Å². The average Bonchev–Trinajstić information content (AvgIpc) is 3.55. The van der Waals surface area contributed by atoms with Crippen LogP contribution in [-0.2, 0) is 10.4 Å². The number of hydrogen-bond acceptors (Lipinski definition) is 1. The summed E-state index contributed by atoms with van der Waals surface area (Å²) >= 11 is 0. The fourth-order valence-electron chi connectivity index (χ4n) is 3.43. The Balaban J connectivity index is 0.000000303. The first-order valence-corrected chi connectivity index (χ1v) is 8.73. The van der Waals surface area contributed by atoms with Gasteiger partial charge in [0, 0.05) is 0 Å². The van der Waals surface area contributed by atoms with Gasteiger partial charge >= 0.3 is 12.3 Å². The summed E-state index contributed by atoms with van der Waals surface area (Å²) in [5.41, 5.74) is -0.563. The van der Waals surface area contributed by atoms with Gasteiger partial charge in [0.15, 0.2) is 6.67 Å². The largest absolute Gasteiger partial charge is 0.485 e. The highest BCUT2D eigenvalue weighted by molar-refractivity contribution is 5.45. The molecule has 2 aromatic rings. The lowest BCUT2D eigenvalue weighted by Gasteiger charge is -2.41. The number of rotatable bonds is 6. The van der Waals surface area contributed by atoms with Gasteiger partial charge in [0.2, 0.25) is 0 Å². The van der Waals surface area contributed by atoms with Gasteiger partial charge in [-0.15, -0.1) is 4.94 Å². The van der Waals surface area contributed by atoms with Crippen molar-refractivity contribution in [3.05, 3.63) is 71.8 Å². The molecular weight excluding hydrogens is 427 g/mol. The molecule has 0 aromatic heterocycles. The molecule has 1 fully saturated rings. The Hall–Kier alpha value is -2.23. The normalized spacial score (nSPS) is 15.4. The van der Waals surface area contributed by atoms with Gasteiger partial charge in [-0.3, -0.25) is 0 Å². The van der Waals surface area contributed by atoms with E-state index in [0.29, 0.717) is 24.0 Å². The zero-order valence-electron chi connectivity index (χ0n) is 15.3. The smallest absolute Gasteiger partial charge is 0.244 e. The summed E-state index contributed by atoms with van der Waals surface area (Å²) < 4.78 is 107. The molecule has 0 atom stereocenters. The highest BCUT2D eigenvalue weighted by atomic mass is 19.4. The van der Waals surface area contributed by atoms with Crippen molar-refractivity contribution >= 4 is 0 Å². The predicted molar refractivity (Wildman–Crippen MR) is 90.5 cm³/mol. The molecule has 0 bridgehead atoms. The molecule has 30 heavy (non-hydrogen) atoms. The van der Waals surface area contributed by atoms with Crippen molar-refractivity contribution in [3.8, 4) is 0 Å². The molecule has 0 aliphatic heterocycles. The van der Waals surface area contributed by atoms with Crippen molar-refractivity contribution in [1.82, 2.24) is 0 Å². The van der Waals surface area contributed by atoms with E-state index in [1.54, 1.807) is 60.7 Å². The lowest BCUT2D eigenvalue weighted by molar-refractivity contribution is -0.453. The highest BCUT2D eigenvalue weighted by Crippen LogP contribution is 2.58. The molecule has 1 nitrogen and oxygen atoms in total. The van der Waals surface area contributed by atoms with Crippen LogP contribution in [0.1, 0.15) is 24.0 Å². The van der Waals surface area contributed by atoms with Gasteiger partial charge in [-0.1, -0.05) is 60.7 Å². The van der Waals surface area contributed by atoms with Crippen LogP contribution < -0.4 is 0 Å². The lowest BCUT2D eigenvalue weighted by Crippen LogP contribution is -2.49. The van der Waals surface area contributed by atoms with Crippen LogP contribution in [0, 0.1) is 5.92 Å². The first-order chi connectivity index (χ1) is 13.9. The van der Waals surface area contributed by atoms with Crippen molar-refractivity contribution in [2.24, 2.45) is 5.92 Å². The molecular formula is C20H17F9O. The third-order valence-electron chi connectivity index (χ3n) is 4.82. The van der Waals surface area contributed by atoms with Crippen molar-refractivity contribution < 1.29 is 44.6 Å². The van der Waals surface area contributed by atoms with E-state index in [1.165, 1.54) is 4.94 Å². The van der Waals surface area contributed by atoms with Crippen LogP contribution in [0.15, 0.2) is 60.7 Å². The molecule has 3 rings (SSSR count). The van der Waals surface area contributed by atoms with Crippen LogP contribution in [0.2, 0.25) is 0 Å². The molecule has 166 valence electrons. The molecule has 0 amide bonds. The molecule has 2 aromatic carbocycles. The summed E-state index contributed by atoms with van der Waals surface area (Å²) in [5, 5.41) is 0. The third kappa shape index (κ3) is 4.58. The minimum atomic E-state index is -5.98. The van der Waals surface area contributed by atoms with Crippen molar-refractivity contribution in [2.45, 2.75) is 36.5 Å². The van der Waals surface area contributed by atoms with E-state index in [9.17, 15) is 39.6 Å². The second-order valence-corrected chi connectivity index (χ2v) is 6.74. The van der Waals surface area contributed by atoms with Gasteiger partial charge in [-0.25, -0.2) is 13.2 Å². The fraction of sp³-hybridized carbons (Fsp3) is 0.400. The molecule has 1 aliphatic rings. The first-order valence-electron chi connectivity index (χ1n) is 8.73. The summed E-state index contributed by atoms with van der Waals surface area (Å²) in [6.07, 6.45) is -10.3. The van der Waals surface area contributed by atoms with E-state index >= 15 is 0 Å². The van der Waals surface area contributed by atoms with Gasteiger partial charge in [-0.2, -0.15) is 22.0 Å². The minimum absolute atomic E-state index is 0.215. The molecule has 0 heterocycles. The summed E-state index contributed by atoms with van der Waals surface area (Å²) in [6, 6.07) is 17.3. The van der Waals surface area contributed by atoms with E-state index < -0.39 is 30.3 Å². The quantitative estimate of drug-likeness (QED) is 0.435. The second kappa shape index (κ2) is 8.87. The number of hydrogen-bond donors (Lipinski definition) is 0. The standard InChI is InChI=1S/C18H17F3.C2F6O/c19-13-17(20,21)18(16-11-12-16,14-7-3-1-4-8-14)15-9-5-2-6-10-15;3-1(4,5)2(6,7)9-8/h1-10,16H,11-13H2;.